The maximum Gasteiger partial charge on any atom is 0.238 e. The van der Waals surface area contributed by atoms with Gasteiger partial charge in [-0.05, 0) is 17.7 Å². The van der Waals surface area contributed by atoms with Crippen molar-refractivity contribution >= 4 is 0 Å². The molecule has 0 radical (unpaired) electrons. The Morgan fingerprint density at radius 3 is 2.45 bits per heavy atom. The molecule has 0 saturated heterocycles. The summed E-state index contributed by atoms with van der Waals surface area (Å²) in [6.45, 7) is 0. The van der Waals surface area contributed by atoms with Crippen molar-refractivity contribution in [2.24, 2.45) is 0 Å². The molecule has 4 heteroatoms. The van der Waals surface area contributed by atoms with E-state index in [1.54, 1.807) is 18.0 Å². The van der Waals surface area contributed by atoms with Crippen LogP contribution in [0, 0.1) is 0 Å². The zero-order valence-corrected chi connectivity index (χ0v) is 11.0. The van der Waals surface area contributed by atoms with Gasteiger partial charge in [0.1, 0.15) is 11.4 Å². The van der Waals surface area contributed by atoms with E-state index in [0.29, 0.717) is 11.3 Å². The number of hydrogen-bond donors (Lipinski definition) is 1. The van der Waals surface area contributed by atoms with Crippen LogP contribution in [0.3, 0.4) is 0 Å². The third-order valence-corrected chi connectivity index (χ3v) is 3.11. The molecule has 20 heavy (non-hydrogen) atoms. The maximum absolute atomic E-state index is 10.0. The first-order valence-corrected chi connectivity index (χ1v) is 6.27. The van der Waals surface area contributed by atoms with Crippen LogP contribution in [0.2, 0.25) is 0 Å². The van der Waals surface area contributed by atoms with Crippen LogP contribution in [-0.2, 0) is 0 Å². The van der Waals surface area contributed by atoms with E-state index in [9.17, 15) is 5.11 Å². The Balaban J connectivity index is 2.09. The molecule has 3 aromatic rings. The number of ether oxygens (including phenoxy) is 1. The molecule has 100 valence electrons. The number of methoxy groups -OCH3 is 1. The first kappa shape index (κ1) is 12.3. The molecule has 1 heterocycles. The van der Waals surface area contributed by atoms with E-state index in [0.717, 1.165) is 11.3 Å². The van der Waals surface area contributed by atoms with Gasteiger partial charge in [-0.25, -0.2) is 4.68 Å². The minimum Gasteiger partial charge on any atom is -0.494 e. The number of benzene rings is 2. The quantitative estimate of drug-likeness (QED) is 0.791. The van der Waals surface area contributed by atoms with Crippen molar-refractivity contribution in [2.75, 3.05) is 7.11 Å². The summed E-state index contributed by atoms with van der Waals surface area (Å²) in [5.74, 6) is 0.705. The zero-order chi connectivity index (χ0) is 13.9. The fourth-order valence-electron chi connectivity index (χ4n) is 2.13. The van der Waals surface area contributed by atoms with Gasteiger partial charge in [-0.15, -0.1) is 5.10 Å². The van der Waals surface area contributed by atoms with Gasteiger partial charge in [-0.2, -0.15) is 0 Å². The van der Waals surface area contributed by atoms with E-state index in [4.69, 9.17) is 4.74 Å². The van der Waals surface area contributed by atoms with Gasteiger partial charge in [-0.1, -0.05) is 42.5 Å². The second kappa shape index (κ2) is 5.09. The highest BCUT2D eigenvalue weighted by Crippen LogP contribution is 2.30. The Morgan fingerprint density at radius 1 is 1.00 bits per heavy atom. The first-order valence-electron chi connectivity index (χ1n) is 6.27. The molecule has 0 spiro atoms. The second-order valence-corrected chi connectivity index (χ2v) is 4.35. The van der Waals surface area contributed by atoms with Crippen molar-refractivity contribution in [1.82, 2.24) is 9.78 Å². The first-order chi connectivity index (χ1) is 9.79. The lowest BCUT2D eigenvalue weighted by atomic mass is 10.1. The Bertz CT molecular complexity index is 720. The van der Waals surface area contributed by atoms with Crippen molar-refractivity contribution in [3.63, 3.8) is 0 Å². The summed E-state index contributed by atoms with van der Waals surface area (Å²) in [5, 5.41) is 14.2. The summed E-state index contributed by atoms with van der Waals surface area (Å²) in [6.07, 6.45) is 1.79. The summed E-state index contributed by atoms with van der Waals surface area (Å²) in [5.41, 5.74) is 2.40. The highest BCUT2D eigenvalue weighted by Gasteiger charge is 2.12. The molecule has 1 aromatic heterocycles. The Hall–Kier alpha value is -2.75. The van der Waals surface area contributed by atoms with Crippen LogP contribution < -0.4 is 4.74 Å². The third kappa shape index (κ3) is 2.12. The van der Waals surface area contributed by atoms with Gasteiger partial charge in [0.15, 0.2) is 0 Å². The molecule has 3 rings (SSSR count). The normalized spacial score (nSPS) is 10.4. The monoisotopic (exact) mass is 266 g/mol. The van der Waals surface area contributed by atoms with Gasteiger partial charge in [0.25, 0.3) is 0 Å². The minimum atomic E-state index is 0.00195. The average Bonchev–Trinajstić information content (AvgIpc) is 2.90. The number of para-hydroxylation sites is 2. The molecule has 0 atom stereocenters. The van der Waals surface area contributed by atoms with Gasteiger partial charge in [-0.3, -0.25) is 0 Å². The number of nitrogens with zero attached hydrogens (tertiary/aromatic N) is 2. The zero-order valence-electron chi connectivity index (χ0n) is 11.0. The standard InChI is InChI=1S/C16H14N2O2/c1-20-15-10-6-5-9-14(15)18-11-13(16(19)17-18)12-7-3-2-4-8-12/h2-11H,1H3,(H,17,19). The molecule has 0 amide bonds. The van der Waals surface area contributed by atoms with Gasteiger partial charge in [0.2, 0.25) is 5.88 Å². The Morgan fingerprint density at radius 2 is 1.70 bits per heavy atom. The SMILES string of the molecule is COc1ccccc1-n1cc(-c2ccccc2)c(O)n1. The molecule has 4 nitrogen and oxygen atoms in total. The molecular weight excluding hydrogens is 252 g/mol. The van der Waals surface area contributed by atoms with Crippen molar-refractivity contribution in [2.45, 2.75) is 0 Å². The van der Waals surface area contributed by atoms with E-state index in [1.807, 2.05) is 54.6 Å². The van der Waals surface area contributed by atoms with Crippen molar-refractivity contribution in [3.8, 4) is 28.4 Å². The summed E-state index contributed by atoms with van der Waals surface area (Å²) in [4.78, 5) is 0. The van der Waals surface area contributed by atoms with E-state index in [-0.39, 0.29) is 5.88 Å². The molecule has 0 aliphatic rings. The number of aromatic hydroxyl groups is 1. The van der Waals surface area contributed by atoms with Gasteiger partial charge >= 0.3 is 0 Å². The van der Waals surface area contributed by atoms with E-state index >= 15 is 0 Å². The summed E-state index contributed by atoms with van der Waals surface area (Å²) in [6, 6.07) is 17.2. The Labute approximate surface area is 116 Å². The van der Waals surface area contributed by atoms with Gasteiger partial charge in [0.05, 0.1) is 12.7 Å². The number of rotatable bonds is 3. The lowest BCUT2D eigenvalue weighted by molar-refractivity contribution is 0.410. The molecule has 1 N–H and O–H groups in total. The summed E-state index contributed by atoms with van der Waals surface area (Å²) < 4.78 is 6.93. The third-order valence-electron chi connectivity index (χ3n) is 3.11. The lowest BCUT2D eigenvalue weighted by Gasteiger charge is -2.06. The highest BCUT2D eigenvalue weighted by molar-refractivity contribution is 5.68. The van der Waals surface area contributed by atoms with Crippen molar-refractivity contribution < 1.29 is 9.84 Å². The van der Waals surface area contributed by atoms with E-state index < -0.39 is 0 Å². The second-order valence-electron chi connectivity index (χ2n) is 4.35. The van der Waals surface area contributed by atoms with Crippen LogP contribution in [0.5, 0.6) is 11.6 Å². The van der Waals surface area contributed by atoms with Crippen LogP contribution >= 0.6 is 0 Å². The molecular formula is C16H14N2O2. The summed E-state index contributed by atoms with van der Waals surface area (Å²) in [7, 11) is 1.61. The van der Waals surface area contributed by atoms with E-state index in [1.165, 1.54) is 0 Å². The molecule has 0 aliphatic heterocycles. The predicted octanol–water partition coefficient (Wildman–Crippen LogP) is 3.25. The molecule has 0 saturated carbocycles. The summed E-state index contributed by atoms with van der Waals surface area (Å²) >= 11 is 0. The van der Waals surface area contributed by atoms with Crippen LogP contribution in [-0.4, -0.2) is 22.0 Å². The molecule has 0 unspecified atom stereocenters. The highest BCUT2D eigenvalue weighted by atomic mass is 16.5. The largest absolute Gasteiger partial charge is 0.494 e. The fraction of sp³-hybridized carbons (Fsp3) is 0.0625. The predicted molar refractivity (Wildman–Crippen MR) is 77.2 cm³/mol. The topological polar surface area (TPSA) is 47.3 Å². The van der Waals surface area contributed by atoms with Crippen LogP contribution in [0.4, 0.5) is 0 Å². The molecule has 0 bridgehead atoms. The fourth-order valence-corrected chi connectivity index (χ4v) is 2.13. The minimum absolute atomic E-state index is 0.00195. The maximum atomic E-state index is 10.0. The molecule has 0 fully saturated rings. The number of aromatic nitrogens is 2. The average molecular weight is 266 g/mol. The molecule has 2 aromatic carbocycles. The van der Waals surface area contributed by atoms with Crippen LogP contribution in [0.15, 0.2) is 60.8 Å². The van der Waals surface area contributed by atoms with Crippen molar-refractivity contribution in [1.29, 1.82) is 0 Å². The lowest BCUT2D eigenvalue weighted by Crippen LogP contribution is -1.97. The van der Waals surface area contributed by atoms with Crippen LogP contribution in [0.1, 0.15) is 0 Å². The van der Waals surface area contributed by atoms with Crippen molar-refractivity contribution in [3.05, 3.63) is 60.8 Å². The molecule has 0 aliphatic carbocycles. The number of hydrogen-bond acceptors (Lipinski definition) is 3. The van der Waals surface area contributed by atoms with E-state index in [2.05, 4.69) is 5.10 Å². The van der Waals surface area contributed by atoms with Crippen LogP contribution in [0.25, 0.3) is 16.8 Å². The van der Waals surface area contributed by atoms with Gasteiger partial charge < -0.3 is 9.84 Å². The Kier molecular flexibility index (Phi) is 3.13. The van der Waals surface area contributed by atoms with Gasteiger partial charge in [0, 0.05) is 6.20 Å². The smallest absolute Gasteiger partial charge is 0.238 e.